The van der Waals surface area contributed by atoms with Gasteiger partial charge >= 0.3 is 0 Å². The third-order valence-electron chi connectivity index (χ3n) is 3.59. The van der Waals surface area contributed by atoms with Crippen LogP contribution in [0.3, 0.4) is 0 Å². The molecular formula is C18H12BrN3O2S. The summed E-state index contributed by atoms with van der Waals surface area (Å²) >= 11 is 4.71. The number of hydrogen-bond donors (Lipinski definition) is 0. The van der Waals surface area contributed by atoms with Crippen molar-refractivity contribution in [2.24, 2.45) is 0 Å². The first kappa shape index (κ1) is 16.0. The normalized spacial score (nSPS) is 10.9. The minimum Gasteiger partial charge on any atom is -0.444 e. The minimum atomic E-state index is -0.254. The maximum atomic E-state index is 13.0. The molecule has 5 nitrogen and oxygen atoms in total. The van der Waals surface area contributed by atoms with Gasteiger partial charge in [0.2, 0.25) is 0 Å². The summed E-state index contributed by atoms with van der Waals surface area (Å²) in [4.78, 5) is 23.5. The summed E-state index contributed by atoms with van der Waals surface area (Å²) in [7, 11) is 0. The Morgan fingerprint density at radius 2 is 1.96 bits per heavy atom. The second kappa shape index (κ2) is 6.78. The van der Waals surface area contributed by atoms with Crippen molar-refractivity contribution in [3.05, 3.63) is 76.9 Å². The third-order valence-corrected chi connectivity index (χ3v) is 5.07. The molecule has 0 unspecified atom stereocenters. The van der Waals surface area contributed by atoms with E-state index in [1.165, 1.54) is 11.3 Å². The summed E-state index contributed by atoms with van der Waals surface area (Å²) in [5, 5.41) is 0.615. The van der Waals surface area contributed by atoms with E-state index in [1.54, 1.807) is 23.2 Å². The number of hydrogen-bond acceptors (Lipinski definition) is 5. The van der Waals surface area contributed by atoms with Crippen LogP contribution in [0.2, 0.25) is 0 Å². The molecule has 0 spiro atoms. The molecule has 0 fully saturated rings. The highest BCUT2D eigenvalue weighted by Gasteiger charge is 2.24. The zero-order valence-corrected chi connectivity index (χ0v) is 15.3. The summed E-state index contributed by atoms with van der Waals surface area (Å²) in [5.74, 6) is -0.00234. The molecule has 0 radical (unpaired) electrons. The van der Waals surface area contributed by atoms with Crippen LogP contribution in [0.15, 0.2) is 69.9 Å². The zero-order chi connectivity index (χ0) is 17.2. The Balaban J connectivity index is 1.75. The molecule has 0 saturated carbocycles. The summed E-state index contributed by atoms with van der Waals surface area (Å²) in [6.07, 6.45) is 1.71. The molecule has 0 atom stereocenters. The van der Waals surface area contributed by atoms with Gasteiger partial charge < -0.3 is 4.42 Å². The first-order valence-corrected chi connectivity index (χ1v) is 9.14. The number of fused-ring (bicyclic) bond motifs is 1. The average Bonchev–Trinajstić information content (AvgIpc) is 3.26. The number of furan rings is 1. The molecule has 0 saturated heterocycles. The number of rotatable bonds is 4. The molecule has 0 bridgehead atoms. The van der Waals surface area contributed by atoms with E-state index in [-0.39, 0.29) is 11.7 Å². The van der Waals surface area contributed by atoms with Crippen molar-refractivity contribution < 1.29 is 9.21 Å². The lowest BCUT2D eigenvalue weighted by atomic mass is 10.3. The van der Waals surface area contributed by atoms with Gasteiger partial charge in [-0.3, -0.25) is 14.7 Å². The third kappa shape index (κ3) is 3.33. The van der Waals surface area contributed by atoms with Crippen molar-refractivity contribution in [3.8, 4) is 0 Å². The summed E-state index contributed by atoms with van der Waals surface area (Å²) in [5.41, 5.74) is 1.64. The molecule has 4 rings (SSSR count). The number of pyridine rings is 1. The van der Waals surface area contributed by atoms with Gasteiger partial charge in [0, 0.05) is 6.20 Å². The van der Waals surface area contributed by atoms with E-state index < -0.39 is 0 Å². The van der Waals surface area contributed by atoms with Crippen LogP contribution in [0, 0.1) is 0 Å². The Bertz CT molecular complexity index is 996. The number of carbonyl (C=O) groups is 1. The molecule has 124 valence electrons. The van der Waals surface area contributed by atoms with E-state index in [0.29, 0.717) is 16.3 Å². The van der Waals surface area contributed by atoms with E-state index in [4.69, 9.17) is 4.42 Å². The van der Waals surface area contributed by atoms with Gasteiger partial charge in [-0.05, 0) is 52.3 Å². The molecule has 7 heteroatoms. The van der Waals surface area contributed by atoms with Crippen LogP contribution >= 0.6 is 27.3 Å². The fourth-order valence-electron chi connectivity index (χ4n) is 2.42. The maximum absolute atomic E-state index is 13.0. The van der Waals surface area contributed by atoms with Crippen LogP contribution in [0.25, 0.3) is 10.2 Å². The molecule has 0 N–H and O–H groups in total. The molecule has 0 aliphatic rings. The highest BCUT2D eigenvalue weighted by molar-refractivity contribution is 9.10. The van der Waals surface area contributed by atoms with Crippen LogP contribution in [0.4, 0.5) is 5.13 Å². The Morgan fingerprint density at radius 1 is 1.12 bits per heavy atom. The minimum absolute atomic E-state index is 0.252. The second-order valence-electron chi connectivity index (χ2n) is 5.28. The number of aromatic nitrogens is 2. The Morgan fingerprint density at radius 3 is 2.68 bits per heavy atom. The lowest BCUT2D eigenvalue weighted by molar-refractivity contribution is 0.0957. The molecule has 0 aliphatic carbocycles. The molecule has 25 heavy (non-hydrogen) atoms. The van der Waals surface area contributed by atoms with Gasteiger partial charge in [-0.25, -0.2) is 4.98 Å². The molecule has 1 aromatic carbocycles. The van der Waals surface area contributed by atoms with Gasteiger partial charge in [0.1, 0.15) is 0 Å². The molecule has 1 amide bonds. The van der Waals surface area contributed by atoms with Crippen LogP contribution in [-0.4, -0.2) is 15.9 Å². The number of para-hydroxylation sites is 1. The summed E-state index contributed by atoms with van der Waals surface area (Å²) in [6.45, 7) is 0.317. The van der Waals surface area contributed by atoms with Gasteiger partial charge in [0.15, 0.2) is 15.6 Å². The van der Waals surface area contributed by atoms with Crippen molar-refractivity contribution in [1.82, 2.24) is 9.97 Å². The van der Waals surface area contributed by atoms with E-state index in [2.05, 4.69) is 25.9 Å². The molecule has 0 aliphatic heterocycles. The van der Waals surface area contributed by atoms with Gasteiger partial charge in [0.05, 0.1) is 22.5 Å². The second-order valence-corrected chi connectivity index (χ2v) is 7.07. The van der Waals surface area contributed by atoms with Crippen molar-refractivity contribution in [2.75, 3.05) is 4.90 Å². The number of thiazole rings is 1. The lowest BCUT2D eigenvalue weighted by Crippen LogP contribution is -2.30. The van der Waals surface area contributed by atoms with Crippen LogP contribution in [0.5, 0.6) is 0 Å². The highest BCUT2D eigenvalue weighted by atomic mass is 79.9. The first-order valence-electron chi connectivity index (χ1n) is 7.53. The lowest BCUT2D eigenvalue weighted by Gasteiger charge is -2.18. The van der Waals surface area contributed by atoms with Crippen molar-refractivity contribution in [3.63, 3.8) is 0 Å². The number of halogens is 1. The first-order chi connectivity index (χ1) is 12.2. The van der Waals surface area contributed by atoms with Crippen molar-refractivity contribution in [2.45, 2.75) is 6.54 Å². The highest BCUT2D eigenvalue weighted by Crippen LogP contribution is 2.31. The van der Waals surface area contributed by atoms with Gasteiger partial charge in [-0.1, -0.05) is 29.5 Å². The molecule has 3 aromatic heterocycles. The standard InChI is InChI=1S/C18H12BrN3O2S/c19-16-9-8-14(24-16)17(23)22(11-12-5-3-4-10-20-12)18-21-13-6-1-2-7-15(13)25-18/h1-10H,11H2. The number of nitrogens with zero attached hydrogens (tertiary/aromatic N) is 3. The average molecular weight is 414 g/mol. The summed E-state index contributed by atoms with van der Waals surface area (Å²) in [6, 6.07) is 16.8. The fraction of sp³-hybridized carbons (Fsp3) is 0.0556. The predicted octanol–water partition coefficient (Wildman–Crippen LogP) is 4.89. The Hall–Kier alpha value is -2.51. The number of benzene rings is 1. The number of anilines is 1. The van der Waals surface area contributed by atoms with Crippen molar-refractivity contribution in [1.29, 1.82) is 0 Å². The molecule has 4 aromatic rings. The fourth-order valence-corrected chi connectivity index (χ4v) is 3.69. The monoisotopic (exact) mass is 413 g/mol. The van der Waals surface area contributed by atoms with Gasteiger partial charge in [-0.15, -0.1) is 0 Å². The maximum Gasteiger partial charge on any atom is 0.296 e. The van der Waals surface area contributed by atoms with E-state index in [1.807, 2.05) is 42.5 Å². The van der Waals surface area contributed by atoms with Gasteiger partial charge in [-0.2, -0.15) is 0 Å². The van der Waals surface area contributed by atoms with Crippen LogP contribution in [-0.2, 0) is 6.54 Å². The number of carbonyl (C=O) groups excluding carboxylic acids is 1. The molecule has 3 heterocycles. The topological polar surface area (TPSA) is 59.2 Å². The SMILES string of the molecule is O=C(c1ccc(Br)o1)N(Cc1ccccn1)c1nc2ccccc2s1. The van der Waals surface area contributed by atoms with Crippen LogP contribution < -0.4 is 4.90 Å². The summed E-state index contributed by atoms with van der Waals surface area (Å²) < 4.78 is 6.98. The smallest absolute Gasteiger partial charge is 0.296 e. The predicted molar refractivity (Wildman–Crippen MR) is 101 cm³/mol. The van der Waals surface area contributed by atoms with E-state index in [0.717, 1.165) is 15.9 Å². The molecular weight excluding hydrogens is 402 g/mol. The van der Waals surface area contributed by atoms with E-state index in [9.17, 15) is 4.79 Å². The number of amides is 1. The van der Waals surface area contributed by atoms with E-state index >= 15 is 0 Å². The Kier molecular flexibility index (Phi) is 4.33. The van der Waals surface area contributed by atoms with Gasteiger partial charge in [0.25, 0.3) is 5.91 Å². The largest absolute Gasteiger partial charge is 0.444 e. The van der Waals surface area contributed by atoms with Crippen molar-refractivity contribution >= 4 is 48.5 Å². The quantitative estimate of drug-likeness (QED) is 0.477. The Labute approximate surface area is 156 Å². The zero-order valence-electron chi connectivity index (χ0n) is 12.9. The van der Waals surface area contributed by atoms with Crippen LogP contribution in [0.1, 0.15) is 16.2 Å².